The second-order valence-corrected chi connectivity index (χ2v) is 7.62. The Morgan fingerprint density at radius 3 is 2.32 bits per heavy atom. The molecule has 8 heteroatoms. The maximum atomic E-state index is 12.4. The highest BCUT2D eigenvalue weighted by Crippen LogP contribution is 2.22. The Morgan fingerprint density at radius 2 is 1.86 bits per heavy atom. The number of nitrogens with one attached hydrogen (secondary N) is 1. The van der Waals surface area contributed by atoms with Crippen LogP contribution in [0.5, 0.6) is 0 Å². The zero-order valence-electron chi connectivity index (χ0n) is 17.4. The van der Waals surface area contributed by atoms with E-state index < -0.39 is 4.92 Å². The first-order valence-corrected chi connectivity index (χ1v) is 9.33. The lowest BCUT2D eigenvalue weighted by Gasteiger charge is -2.28. The summed E-state index contributed by atoms with van der Waals surface area (Å²) in [5, 5.41) is 18.4. The van der Waals surface area contributed by atoms with Crippen LogP contribution in [-0.4, -0.2) is 52.2 Å². The Balaban J connectivity index is 2.04. The topological polar surface area (TPSA) is 93.3 Å². The zero-order valence-corrected chi connectivity index (χ0v) is 17.4. The van der Waals surface area contributed by atoms with Crippen molar-refractivity contribution in [2.45, 2.75) is 40.3 Å². The van der Waals surface area contributed by atoms with Crippen molar-refractivity contribution >= 4 is 11.6 Å². The Hall–Kier alpha value is -2.74. The summed E-state index contributed by atoms with van der Waals surface area (Å²) in [5.41, 5.74) is 2.48. The molecule has 1 heterocycles. The lowest BCUT2D eigenvalue weighted by molar-refractivity contribution is -0.386. The van der Waals surface area contributed by atoms with Crippen LogP contribution in [0.2, 0.25) is 0 Å². The molecule has 28 heavy (non-hydrogen) atoms. The normalized spacial score (nSPS) is 12.4. The first-order chi connectivity index (χ1) is 13.1. The molecule has 0 aliphatic carbocycles. The van der Waals surface area contributed by atoms with Crippen LogP contribution in [0, 0.1) is 29.9 Å². The van der Waals surface area contributed by atoms with E-state index >= 15 is 0 Å². The van der Waals surface area contributed by atoms with E-state index in [-0.39, 0.29) is 17.6 Å². The second kappa shape index (κ2) is 8.97. The molecule has 0 aliphatic heterocycles. The third kappa shape index (κ3) is 4.95. The summed E-state index contributed by atoms with van der Waals surface area (Å²) in [4.78, 5) is 25.3. The summed E-state index contributed by atoms with van der Waals surface area (Å²) >= 11 is 0. The summed E-state index contributed by atoms with van der Waals surface area (Å²) in [6, 6.07) is 7.51. The Morgan fingerprint density at radius 1 is 1.25 bits per heavy atom. The van der Waals surface area contributed by atoms with Crippen LogP contribution in [0.3, 0.4) is 0 Å². The van der Waals surface area contributed by atoms with Crippen molar-refractivity contribution in [3.8, 4) is 0 Å². The largest absolute Gasteiger partial charge is 0.350 e. The maximum Gasteiger partial charge on any atom is 0.312 e. The van der Waals surface area contributed by atoms with E-state index in [1.807, 2.05) is 26.2 Å². The molecule has 1 N–H and O–H groups in total. The van der Waals surface area contributed by atoms with E-state index in [9.17, 15) is 14.9 Å². The monoisotopic (exact) mass is 387 g/mol. The van der Waals surface area contributed by atoms with Gasteiger partial charge in [-0.25, -0.2) is 0 Å². The van der Waals surface area contributed by atoms with Crippen molar-refractivity contribution < 1.29 is 9.72 Å². The fraction of sp³-hybridized carbons (Fsp3) is 0.500. The highest BCUT2D eigenvalue weighted by atomic mass is 16.6. The SMILES string of the molecule is Cc1nn(Cc2ccc(C(=O)NCC(C(C)C)N(C)C)cc2)c(C)c1[N+](=O)[O-]. The number of likely N-dealkylation sites (N-methyl/N-ethyl adjacent to an activating group) is 1. The molecule has 1 aromatic heterocycles. The number of benzene rings is 1. The van der Waals surface area contributed by atoms with Gasteiger partial charge in [-0.1, -0.05) is 26.0 Å². The number of hydrogen-bond donors (Lipinski definition) is 1. The van der Waals surface area contributed by atoms with Crippen LogP contribution in [0.1, 0.15) is 41.2 Å². The molecule has 0 fully saturated rings. The second-order valence-electron chi connectivity index (χ2n) is 7.62. The number of aromatic nitrogens is 2. The molecule has 8 nitrogen and oxygen atoms in total. The molecule has 2 aromatic rings. The van der Waals surface area contributed by atoms with Gasteiger partial charge >= 0.3 is 5.69 Å². The van der Waals surface area contributed by atoms with Gasteiger partial charge in [-0.2, -0.15) is 5.10 Å². The van der Waals surface area contributed by atoms with Crippen LogP contribution in [-0.2, 0) is 6.54 Å². The first kappa shape index (κ1) is 21.6. The van der Waals surface area contributed by atoms with Crippen molar-refractivity contribution in [1.29, 1.82) is 0 Å². The van der Waals surface area contributed by atoms with Gasteiger partial charge < -0.3 is 10.2 Å². The predicted octanol–water partition coefficient (Wildman–Crippen LogP) is 2.77. The fourth-order valence-corrected chi connectivity index (χ4v) is 3.35. The fourth-order valence-electron chi connectivity index (χ4n) is 3.35. The highest BCUT2D eigenvalue weighted by Gasteiger charge is 2.22. The number of carbonyl (C=O) groups is 1. The van der Waals surface area contributed by atoms with Gasteiger partial charge in [-0.15, -0.1) is 0 Å². The van der Waals surface area contributed by atoms with Gasteiger partial charge in [0, 0.05) is 18.2 Å². The van der Waals surface area contributed by atoms with Gasteiger partial charge in [0.15, 0.2) is 0 Å². The van der Waals surface area contributed by atoms with Gasteiger partial charge in [-0.3, -0.25) is 19.6 Å². The average Bonchev–Trinajstić information content (AvgIpc) is 2.88. The molecule has 0 saturated carbocycles. The minimum absolute atomic E-state index is 0.0524. The van der Waals surface area contributed by atoms with Gasteiger partial charge in [0.1, 0.15) is 11.4 Å². The molecule has 1 amide bonds. The quantitative estimate of drug-likeness (QED) is 0.555. The summed E-state index contributed by atoms with van der Waals surface area (Å²) < 4.78 is 1.62. The van der Waals surface area contributed by atoms with Crippen molar-refractivity contribution in [1.82, 2.24) is 20.0 Å². The standard InChI is InChI=1S/C20H29N5O3/c1-13(2)18(23(5)6)11-21-20(26)17-9-7-16(8-10-17)12-24-15(4)19(25(27)28)14(3)22-24/h7-10,13,18H,11-12H2,1-6H3,(H,21,26). The van der Waals surface area contributed by atoms with Crippen LogP contribution >= 0.6 is 0 Å². The zero-order chi connectivity index (χ0) is 21.0. The summed E-state index contributed by atoms with van der Waals surface area (Å²) in [7, 11) is 4.02. The molecule has 1 aromatic carbocycles. The highest BCUT2D eigenvalue weighted by molar-refractivity contribution is 5.94. The van der Waals surface area contributed by atoms with E-state index in [0.717, 1.165) is 5.56 Å². The molecule has 2 rings (SSSR count). The van der Waals surface area contributed by atoms with Crippen molar-refractivity contribution in [2.24, 2.45) is 5.92 Å². The van der Waals surface area contributed by atoms with E-state index in [1.54, 1.807) is 30.7 Å². The van der Waals surface area contributed by atoms with Gasteiger partial charge in [0.05, 0.1) is 11.5 Å². The van der Waals surface area contributed by atoms with E-state index in [2.05, 4.69) is 29.2 Å². The molecular weight excluding hydrogens is 358 g/mol. The van der Waals surface area contributed by atoms with Gasteiger partial charge in [0.25, 0.3) is 5.91 Å². The van der Waals surface area contributed by atoms with Gasteiger partial charge in [0.2, 0.25) is 0 Å². The third-order valence-corrected chi connectivity index (χ3v) is 4.98. The van der Waals surface area contributed by atoms with Crippen LogP contribution in [0.15, 0.2) is 24.3 Å². The number of hydrogen-bond acceptors (Lipinski definition) is 5. The van der Waals surface area contributed by atoms with Crippen molar-refractivity contribution in [2.75, 3.05) is 20.6 Å². The number of rotatable bonds is 8. The van der Waals surface area contributed by atoms with E-state index in [0.29, 0.717) is 36.0 Å². The minimum atomic E-state index is -0.403. The third-order valence-electron chi connectivity index (χ3n) is 4.98. The summed E-state index contributed by atoms with van der Waals surface area (Å²) in [6.45, 7) is 8.59. The van der Waals surface area contributed by atoms with Crippen LogP contribution < -0.4 is 5.32 Å². The van der Waals surface area contributed by atoms with Crippen molar-refractivity contribution in [3.63, 3.8) is 0 Å². The molecule has 0 radical (unpaired) electrons. The number of nitrogens with zero attached hydrogens (tertiary/aromatic N) is 4. The van der Waals surface area contributed by atoms with Crippen LogP contribution in [0.4, 0.5) is 5.69 Å². The Bertz CT molecular complexity index is 832. The minimum Gasteiger partial charge on any atom is -0.350 e. The lowest BCUT2D eigenvalue weighted by atomic mass is 10.0. The lowest BCUT2D eigenvalue weighted by Crippen LogP contribution is -2.43. The maximum absolute atomic E-state index is 12.4. The molecule has 1 unspecified atom stereocenters. The molecule has 0 saturated heterocycles. The molecule has 0 aliphatic rings. The number of nitro groups is 1. The summed E-state index contributed by atoms with van der Waals surface area (Å²) in [6.07, 6.45) is 0. The van der Waals surface area contributed by atoms with E-state index in [1.165, 1.54) is 0 Å². The van der Waals surface area contributed by atoms with Crippen molar-refractivity contribution in [3.05, 3.63) is 56.9 Å². The Labute approximate surface area is 165 Å². The van der Waals surface area contributed by atoms with Crippen LogP contribution in [0.25, 0.3) is 0 Å². The smallest absolute Gasteiger partial charge is 0.312 e. The molecule has 152 valence electrons. The molecular formula is C20H29N5O3. The van der Waals surface area contributed by atoms with Gasteiger partial charge in [-0.05, 0) is 51.6 Å². The molecule has 1 atom stereocenters. The summed E-state index contributed by atoms with van der Waals surface area (Å²) in [5.74, 6) is 0.323. The first-order valence-electron chi connectivity index (χ1n) is 9.33. The van der Waals surface area contributed by atoms with E-state index in [4.69, 9.17) is 0 Å². The average molecular weight is 387 g/mol. The number of carbonyl (C=O) groups excluding carboxylic acids is 1. The Kier molecular flexibility index (Phi) is 6.90. The number of aryl methyl sites for hydroxylation is 1. The molecule has 0 spiro atoms. The molecule has 0 bridgehead atoms. The predicted molar refractivity (Wildman–Crippen MR) is 109 cm³/mol. The number of amides is 1.